The van der Waals surface area contributed by atoms with Gasteiger partial charge in [-0.15, -0.1) is 0 Å². The fourth-order valence-electron chi connectivity index (χ4n) is 2.38. The van der Waals surface area contributed by atoms with E-state index in [1.54, 1.807) is 0 Å². The number of carbonyl (C=O) groups is 1. The van der Waals surface area contributed by atoms with E-state index in [0.29, 0.717) is 0 Å². The third kappa shape index (κ3) is 3.24. The van der Waals surface area contributed by atoms with Crippen molar-refractivity contribution in [2.24, 2.45) is 5.73 Å². The molecule has 0 saturated heterocycles. The van der Waals surface area contributed by atoms with Crippen molar-refractivity contribution in [3.63, 3.8) is 0 Å². The van der Waals surface area contributed by atoms with Crippen LogP contribution >= 0.6 is 0 Å². The third-order valence-corrected chi connectivity index (χ3v) is 3.60. The van der Waals surface area contributed by atoms with E-state index in [-0.39, 0.29) is 34.9 Å². The van der Waals surface area contributed by atoms with Crippen molar-refractivity contribution in [3.8, 4) is 0 Å². The lowest BCUT2D eigenvalue weighted by Gasteiger charge is -2.26. The molecule has 1 saturated carbocycles. The maximum Gasteiger partial charge on any atom is 0.270 e. The lowest BCUT2D eigenvalue weighted by molar-refractivity contribution is -0.384. The standard InChI is InChI=1S/C13H18N4O3/c14-8-1-3-9(4-2-8)16-13(18)11-7-10(17(19)20)5-6-12(11)15/h5-9H,1-4,14-15H2,(H,16,18). The smallest absolute Gasteiger partial charge is 0.270 e. The molecule has 108 valence electrons. The summed E-state index contributed by atoms with van der Waals surface area (Å²) in [6, 6.07) is 4.13. The van der Waals surface area contributed by atoms with Crippen molar-refractivity contribution in [1.29, 1.82) is 0 Å². The lowest BCUT2D eigenvalue weighted by atomic mass is 9.91. The molecule has 1 aromatic carbocycles. The molecule has 0 radical (unpaired) electrons. The van der Waals surface area contributed by atoms with E-state index in [1.165, 1.54) is 18.2 Å². The summed E-state index contributed by atoms with van der Waals surface area (Å²) in [5, 5.41) is 13.6. The fourth-order valence-corrected chi connectivity index (χ4v) is 2.38. The molecule has 0 heterocycles. The van der Waals surface area contributed by atoms with E-state index in [9.17, 15) is 14.9 Å². The van der Waals surface area contributed by atoms with E-state index < -0.39 is 4.92 Å². The summed E-state index contributed by atoms with van der Waals surface area (Å²) in [4.78, 5) is 22.3. The van der Waals surface area contributed by atoms with Crippen LogP contribution in [0.25, 0.3) is 0 Å². The number of nitrogens with zero attached hydrogens (tertiary/aromatic N) is 1. The quantitative estimate of drug-likeness (QED) is 0.435. The number of benzene rings is 1. The Labute approximate surface area is 116 Å². The van der Waals surface area contributed by atoms with Crippen LogP contribution in [0.5, 0.6) is 0 Å². The SMILES string of the molecule is Nc1ccc([N+](=O)[O-])cc1C(=O)NC1CCC(N)CC1. The Morgan fingerprint density at radius 3 is 2.55 bits per heavy atom. The zero-order valence-electron chi connectivity index (χ0n) is 11.0. The van der Waals surface area contributed by atoms with Crippen LogP contribution in [0.2, 0.25) is 0 Å². The van der Waals surface area contributed by atoms with Crippen molar-refractivity contribution in [3.05, 3.63) is 33.9 Å². The number of nitrogens with one attached hydrogen (secondary N) is 1. The molecule has 2 rings (SSSR count). The Kier molecular flexibility index (Phi) is 4.19. The molecule has 20 heavy (non-hydrogen) atoms. The van der Waals surface area contributed by atoms with Gasteiger partial charge in [0.05, 0.1) is 10.5 Å². The Morgan fingerprint density at radius 1 is 1.30 bits per heavy atom. The number of non-ortho nitro benzene ring substituents is 1. The highest BCUT2D eigenvalue weighted by Gasteiger charge is 2.22. The number of nitro groups is 1. The monoisotopic (exact) mass is 278 g/mol. The average Bonchev–Trinajstić information content (AvgIpc) is 2.41. The van der Waals surface area contributed by atoms with Gasteiger partial charge in [0.15, 0.2) is 0 Å². The van der Waals surface area contributed by atoms with Gasteiger partial charge in [-0.25, -0.2) is 0 Å². The molecule has 0 bridgehead atoms. The van der Waals surface area contributed by atoms with Crippen molar-refractivity contribution in [2.75, 3.05) is 5.73 Å². The molecule has 0 atom stereocenters. The number of hydrogen-bond donors (Lipinski definition) is 3. The summed E-state index contributed by atoms with van der Waals surface area (Å²) >= 11 is 0. The Hall–Kier alpha value is -2.15. The number of nitrogen functional groups attached to an aromatic ring is 1. The molecule has 5 N–H and O–H groups in total. The Balaban J connectivity index is 2.08. The van der Waals surface area contributed by atoms with Gasteiger partial charge < -0.3 is 16.8 Å². The van der Waals surface area contributed by atoms with Crippen LogP contribution < -0.4 is 16.8 Å². The lowest BCUT2D eigenvalue weighted by Crippen LogP contribution is -2.40. The molecule has 0 aromatic heterocycles. The minimum absolute atomic E-state index is 0.0564. The van der Waals surface area contributed by atoms with Crippen LogP contribution in [0.3, 0.4) is 0 Å². The van der Waals surface area contributed by atoms with Crippen molar-refractivity contribution in [2.45, 2.75) is 37.8 Å². The number of amides is 1. The zero-order valence-corrected chi connectivity index (χ0v) is 11.0. The van der Waals surface area contributed by atoms with Gasteiger partial charge in [0, 0.05) is 29.9 Å². The van der Waals surface area contributed by atoms with Gasteiger partial charge in [0.1, 0.15) is 0 Å². The minimum atomic E-state index is -0.546. The van der Waals surface area contributed by atoms with E-state index in [1.807, 2.05) is 0 Å². The van der Waals surface area contributed by atoms with Crippen LogP contribution in [-0.2, 0) is 0 Å². The summed E-state index contributed by atoms with van der Waals surface area (Å²) in [5.74, 6) is -0.369. The summed E-state index contributed by atoms with van der Waals surface area (Å²) in [5.41, 5.74) is 11.8. The van der Waals surface area contributed by atoms with Crippen LogP contribution in [0.1, 0.15) is 36.0 Å². The first kappa shape index (κ1) is 14.3. The van der Waals surface area contributed by atoms with E-state index in [0.717, 1.165) is 25.7 Å². The van der Waals surface area contributed by atoms with Crippen molar-refractivity contribution < 1.29 is 9.72 Å². The first-order valence-corrected chi connectivity index (χ1v) is 6.57. The Morgan fingerprint density at radius 2 is 1.95 bits per heavy atom. The molecule has 0 aliphatic heterocycles. The summed E-state index contributed by atoms with van der Waals surface area (Å²) in [6.07, 6.45) is 3.38. The van der Waals surface area contributed by atoms with Crippen LogP contribution in [0.4, 0.5) is 11.4 Å². The van der Waals surface area contributed by atoms with Crippen molar-refractivity contribution in [1.82, 2.24) is 5.32 Å². The van der Waals surface area contributed by atoms with E-state index >= 15 is 0 Å². The molecular weight excluding hydrogens is 260 g/mol. The van der Waals surface area contributed by atoms with E-state index in [2.05, 4.69) is 5.32 Å². The maximum atomic E-state index is 12.1. The second kappa shape index (κ2) is 5.87. The molecule has 7 heteroatoms. The molecule has 1 aliphatic rings. The summed E-state index contributed by atoms with van der Waals surface area (Å²) < 4.78 is 0. The van der Waals surface area contributed by atoms with Gasteiger partial charge in [-0.3, -0.25) is 14.9 Å². The van der Waals surface area contributed by atoms with Gasteiger partial charge in [0.2, 0.25) is 0 Å². The number of nitro benzene ring substituents is 1. The van der Waals surface area contributed by atoms with E-state index in [4.69, 9.17) is 11.5 Å². The Bertz CT molecular complexity index is 524. The first-order chi connectivity index (χ1) is 9.47. The molecule has 1 aromatic rings. The fraction of sp³-hybridized carbons (Fsp3) is 0.462. The van der Waals surface area contributed by atoms with Gasteiger partial charge in [-0.1, -0.05) is 0 Å². The number of hydrogen-bond acceptors (Lipinski definition) is 5. The van der Waals surface area contributed by atoms with Gasteiger partial charge in [-0.2, -0.15) is 0 Å². The number of anilines is 1. The number of nitrogens with two attached hydrogens (primary N) is 2. The van der Waals surface area contributed by atoms with Gasteiger partial charge in [-0.05, 0) is 31.7 Å². The number of carbonyl (C=O) groups excluding carboxylic acids is 1. The van der Waals surface area contributed by atoms with Gasteiger partial charge in [0.25, 0.3) is 11.6 Å². The molecular formula is C13H18N4O3. The highest BCUT2D eigenvalue weighted by molar-refractivity contribution is 5.99. The highest BCUT2D eigenvalue weighted by Crippen LogP contribution is 2.21. The molecule has 1 aliphatic carbocycles. The van der Waals surface area contributed by atoms with Crippen molar-refractivity contribution >= 4 is 17.3 Å². The predicted octanol–water partition coefficient (Wildman–Crippen LogP) is 1.18. The second-order valence-electron chi connectivity index (χ2n) is 5.11. The van der Waals surface area contributed by atoms with Crippen LogP contribution in [0.15, 0.2) is 18.2 Å². The first-order valence-electron chi connectivity index (χ1n) is 6.57. The molecule has 1 fully saturated rings. The number of rotatable bonds is 3. The molecule has 1 amide bonds. The minimum Gasteiger partial charge on any atom is -0.398 e. The third-order valence-electron chi connectivity index (χ3n) is 3.60. The largest absolute Gasteiger partial charge is 0.398 e. The maximum absolute atomic E-state index is 12.1. The average molecular weight is 278 g/mol. The molecule has 7 nitrogen and oxygen atoms in total. The topological polar surface area (TPSA) is 124 Å². The summed E-state index contributed by atoms with van der Waals surface area (Å²) in [6.45, 7) is 0. The van der Waals surface area contributed by atoms with Crippen LogP contribution in [0, 0.1) is 10.1 Å². The zero-order chi connectivity index (χ0) is 14.7. The second-order valence-corrected chi connectivity index (χ2v) is 5.11. The van der Waals surface area contributed by atoms with Crippen LogP contribution in [-0.4, -0.2) is 22.9 Å². The summed E-state index contributed by atoms with van der Waals surface area (Å²) in [7, 11) is 0. The normalized spacial score (nSPS) is 22.2. The molecule has 0 unspecified atom stereocenters. The predicted molar refractivity (Wildman–Crippen MR) is 75.2 cm³/mol. The highest BCUT2D eigenvalue weighted by atomic mass is 16.6. The molecule has 0 spiro atoms. The van der Waals surface area contributed by atoms with Gasteiger partial charge >= 0.3 is 0 Å².